The molecule has 20 heavy (non-hydrogen) atoms. The summed E-state index contributed by atoms with van der Waals surface area (Å²) in [5.74, 6) is 1.24. The number of hydrogen-bond donors (Lipinski definition) is 2. The van der Waals surface area contributed by atoms with Crippen LogP contribution in [-0.2, 0) is 13.6 Å². The molecule has 0 unspecified atom stereocenters. The minimum atomic E-state index is -0.108. The lowest BCUT2D eigenvalue weighted by Crippen LogP contribution is -2.45. The number of guanidine groups is 1. The van der Waals surface area contributed by atoms with Crippen LogP contribution in [0.3, 0.4) is 0 Å². The number of para-hydroxylation sites is 1. The number of aromatic nitrogens is 2. The maximum absolute atomic E-state index is 6.19. The number of nitrogens with two attached hydrogens (primary N) is 1. The van der Waals surface area contributed by atoms with Crippen molar-refractivity contribution in [1.82, 2.24) is 14.9 Å². The van der Waals surface area contributed by atoms with E-state index in [1.165, 1.54) is 0 Å². The summed E-state index contributed by atoms with van der Waals surface area (Å²) in [6.45, 7) is 6.51. The third-order valence-electron chi connectivity index (χ3n) is 2.83. The van der Waals surface area contributed by atoms with Crippen molar-refractivity contribution in [2.75, 3.05) is 0 Å². The van der Waals surface area contributed by atoms with Crippen LogP contribution in [0.2, 0.25) is 5.02 Å². The number of benzene rings is 1. The predicted octanol–water partition coefficient (Wildman–Crippen LogP) is 2.43. The Morgan fingerprint density at radius 3 is 2.75 bits per heavy atom. The van der Waals surface area contributed by atoms with E-state index in [0.717, 1.165) is 16.9 Å². The molecule has 6 heteroatoms. The van der Waals surface area contributed by atoms with Gasteiger partial charge in [-0.3, -0.25) is 0 Å². The molecule has 1 aromatic heterocycles. The molecule has 108 valence electrons. The molecule has 0 aliphatic heterocycles. The zero-order valence-corrected chi connectivity index (χ0v) is 13.0. The number of aryl methyl sites for hydroxylation is 1. The molecule has 3 N–H and O–H groups in total. The highest BCUT2D eigenvalue weighted by atomic mass is 35.5. The molecule has 0 aliphatic carbocycles. The maximum Gasteiger partial charge on any atom is 0.189 e. The lowest BCUT2D eigenvalue weighted by Gasteiger charge is -2.20. The lowest BCUT2D eigenvalue weighted by molar-refractivity contribution is 0.508. The summed E-state index contributed by atoms with van der Waals surface area (Å²) < 4.78 is 1.95. The van der Waals surface area contributed by atoms with E-state index in [9.17, 15) is 0 Å². The van der Waals surface area contributed by atoms with Gasteiger partial charge >= 0.3 is 0 Å². The van der Waals surface area contributed by atoms with Crippen molar-refractivity contribution in [3.8, 4) is 0 Å². The highest BCUT2D eigenvalue weighted by molar-refractivity contribution is 6.35. The topological polar surface area (TPSA) is 68.2 Å². The van der Waals surface area contributed by atoms with Crippen LogP contribution < -0.4 is 11.1 Å². The average molecular weight is 294 g/mol. The Morgan fingerprint density at radius 1 is 1.45 bits per heavy atom. The normalized spacial score (nSPS) is 12.9. The van der Waals surface area contributed by atoms with Gasteiger partial charge in [-0.15, -0.1) is 0 Å². The Labute approximate surface area is 123 Å². The van der Waals surface area contributed by atoms with Gasteiger partial charge < -0.3 is 15.6 Å². The number of hydrogen-bond acceptors (Lipinski definition) is 2. The van der Waals surface area contributed by atoms with Crippen LogP contribution in [0.1, 0.15) is 26.6 Å². The SMILES string of the molecule is Cn1c(CN=C(N)NC(C)(C)C)nc2cccc(Cl)c21. The number of aliphatic imine (C=N–C) groups is 1. The van der Waals surface area contributed by atoms with E-state index in [-0.39, 0.29) is 5.54 Å². The Morgan fingerprint density at radius 2 is 2.15 bits per heavy atom. The van der Waals surface area contributed by atoms with Crippen molar-refractivity contribution in [3.05, 3.63) is 29.0 Å². The van der Waals surface area contributed by atoms with E-state index in [2.05, 4.69) is 15.3 Å². The molecular weight excluding hydrogens is 274 g/mol. The predicted molar refractivity (Wildman–Crippen MR) is 83.9 cm³/mol. The van der Waals surface area contributed by atoms with Crippen molar-refractivity contribution in [2.24, 2.45) is 17.8 Å². The molecule has 2 rings (SSSR count). The summed E-state index contributed by atoms with van der Waals surface area (Å²) in [7, 11) is 1.93. The van der Waals surface area contributed by atoms with Crippen LogP contribution in [0.15, 0.2) is 23.2 Å². The van der Waals surface area contributed by atoms with Gasteiger partial charge in [0.2, 0.25) is 0 Å². The minimum Gasteiger partial charge on any atom is -0.370 e. The molecule has 0 radical (unpaired) electrons. The summed E-state index contributed by atoms with van der Waals surface area (Å²) in [6, 6.07) is 5.68. The molecule has 2 aromatic rings. The summed E-state index contributed by atoms with van der Waals surface area (Å²) in [6.07, 6.45) is 0. The molecule has 1 heterocycles. The van der Waals surface area contributed by atoms with Crippen LogP contribution in [0.4, 0.5) is 0 Å². The molecule has 0 spiro atoms. The van der Waals surface area contributed by atoms with Gasteiger partial charge in [-0.25, -0.2) is 9.98 Å². The highest BCUT2D eigenvalue weighted by Crippen LogP contribution is 2.23. The first-order valence-corrected chi connectivity index (χ1v) is 6.83. The van der Waals surface area contributed by atoms with E-state index >= 15 is 0 Å². The Hall–Kier alpha value is -1.75. The summed E-state index contributed by atoms with van der Waals surface area (Å²) in [5, 5.41) is 3.81. The fourth-order valence-corrected chi connectivity index (χ4v) is 2.29. The standard InChI is InChI=1S/C14H20ClN5/c1-14(2,3)19-13(16)17-8-11-18-10-7-5-6-9(15)12(10)20(11)4/h5-7H,8H2,1-4H3,(H3,16,17,19). The second kappa shape index (κ2) is 5.32. The van der Waals surface area contributed by atoms with E-state index < -0.39 is 0 Å². The fourth-order valence-electron chi connectivity index (χ4n) is 1.99. The lowest BCUT2D eigenvalue weighted by atomic mass is 10.1. The first-order valence-electron chi connectivity index (χ1n) is 6.46. The summed E-state index contributed by atoms with van der Waals surface area (Å²) >= 11 is 6.19. The van der Waals surface area contributed by atoms with Crippen molar-refractivity contribution in [3.63, 3.8) is 0 Å². The number of imidazole rings is 1. The smallest absolute Gasteiger partial charge is 0.189 e. The molecule has 0 bridgehead atoms. The van der Waals surface area contributed by atoms with Gasteiger partial charge in [0.1, 0.15) is 12.4 Å². The zero-order valence-electron chi connectivity index (χ0n) is 12.2. The Balaban J connectivity index is 2.25. The van der Waals surface area contributed by atoms with Gasteiger partial charge in [0.25, 0.3) is 0 Å². The second-order valence-corrected chi connectivity index (χ2v) is 6.18. The number of halogens is 1. The van der Waals surface area contributed by atoms with Gasteiger partial charge in [-0.2, -0.15) is 0 Å². The molecule has 0 aliphatic rings. The zero-order chi connectivity index (χ0) is 14.9. The molecule has 0 fully saturated rings. The first-order chi connectivity index (χ1) is 9.28. The molecule has 0 atom stereocenters. The van der Waals surface area contributed by atoms with Gasteiger partial charge in [-0.1, -0.05) is 17.7 Å². The largest absolute Gasteiger partial charge is 0.370 e. The van der Waals surface area contributed by atoms with E-state index in [1.807, 2.05) is 50.6 Å². The van der Waals surface area contributed by atoms with E-state index in [4.69, 9.17) is 17.3 Å². The van der Waals surface area contributed by atoms with Gasteiger partial charge in [0.05, 0.1) is 16.1 Å². The van der Waals surface area contributed by atoms with Crippen LogP contribution in [0, 0.1) is 0 Å². The molecule has 0 amide bonds. The number of nitrogens with one attached hydrogen (secondary N) is 1. The number of fused-ring (bicyclic) bond motifs is 1. The van der Waals surface area contributed by atoms with Gasteiger partial charge in [-0.05, 0) is 32.9 Å². The van der Waals surface area contributed by atoms with Crippen molar-refractivity contribution in [1.29, 1.82) is 0 Å². The van der Waals surface area contributed by atoms with Crippen molar-refractivity contribution in [2.45, 2.75) is 32.9 Å². The van der Waals surface area contributed by atoms with Crippen LogP contribution in [0.25, 0.3) is 11.0 Å². The van der Waals surface area contributed by atoms with Crippen molar-refractivity contribution < 1.29 is 0 Å². The molecule has 0 saturated heterocycles. The van der Waals surface area contributed by atoms with E-state index in [0.29, 0.717) is 17.5 Å². The minimum absolute atomic E-state index is 0.108. The fraction of sp³-hybridized carbons (Fsp3) is 0.429. The van der Waals surface area contributed by atoms with Gasteiger partial charge in [0, 0.05) is 12.6 Å². The second-order valence-electron chi connectivity index (χ2n) is 5.77. The number of rotatable bonds is 2. The van der Waals surface area contributed by atoms with Crippen LogP contribution in [-0.4, -0.2) is 21.0 Å². The highest BCUT2D eigenvalue weighted by Gasteiger charge is 2.12. The molecule has 5 nitrogen and oxygen atoms in total. The quantitative estimate of drug-likeness (QED) is 0.660. The maximum atomic E-state index is 6.19. The third kappa shape index (κ3) is 3.22. The monoisotopic (exact) mass is 293 g/mol. The summed E-state index contributed by atoms with van der Waals surface area (Å²) in [5.41, 5.74) is 7.54. The third-order valence-corrected chi connectivity index (χ3v) is 3.14. The Kier molecular flexibility index (Phi) is 3.90. The first kappa shape index (κ1) is 14.7. The van der Waals surface area contributed by atoms with Gasteiger partial charge in [0.15, 0.2) is 5.96 Å². The molecule has 0 saturated carbocycles. The van der Waals surface area contributed by atoms with E-state index in [1.54, 1.807) is 0 Å². The molecular formula is C14H20ClN5. The number of nitrogens with zero attached hydrogens (tertiary/aromatic N) is 3. The average Bonchev–Trinajstić information content (AvgIpc) is 2.63. The van der Waals surface area contributed by atoms with Crippen LogP contribution >= 0.6 is 11.6 Å². The molecule has 1 aromatic carbocycles. The van der Waals surface area contributed by atoms with Crippen LogP contribution in [0.5, 0.6) is 0 Å². The Bertz CT molecular complexity index is 651. The summed E-state index contributed by atoms with van der Waals surface area (Å²) in [4.78, 5) is 8.85. The van der Waals surface area contributed by atoms with Crippen molar-refractivity contribution >= 4 is 28.6 Å².